The number of carbonyl (C=O) groups is 1. The Balaban J connectivity index is 1.37. The largest absolute Gasteiger partial charge is 0.463 e. The second-order valence-corrected chi connectivity index (χ2v) is 7.08. The van der Waals surface area contributed by atoms with E-state index in [2.05, 4.69) is 5.32 Å². The van der Waals surface area contributed by atoms with Crippen molar-refractivity contribution in [2.45, 2.75) is 18.9 Å². The standard InChI is InChI=1S/C23H24N2O3/c26-23(18-10-12-20(13-11-18)28-19-7-2-1-3-8-19)24-17-21(22-9-6-16-27-22)25-14-4-5-15-25/h1-3,6-13,16,21H,4-5,14-15,17H2,(H,24,26)/p+1/t21-/m0/s1. The fourth-order valence-electron chi connectivity index (χ4n) is 3.71. The molecule has 1 aliphatic heterocycles. The zero-order valence-electron chi connectivity index (χ0n) is 15.8. The van der Waals surface area contributed by atoms with Crippen LogP contribution < -0.4 is 15.0 Å². The molecule has 5 heteroatoms. The van der Waals surface area contributed by atoms with Gasteiger partial charge in [0.2, 0.25) is 0 Å². The minimum absolute atomic E-state index is 0.0820. The minimum atomic E-state index is -0.0820. The Morgan fingerprint density at radius 2 is 1.68 bits per heavy atom. The van der Waals surface area contributed by atoms with Gasteiger partial charge in [0.05, 0.1) is 25.9 Å². The summed E-state index contributed by atoms with van der Waals surface area (Å²) in [7, 11) is 0. The molecule has 1 atom stereocenters. The lowest BCUT2D eigenvalue weighted by atomic mass is 10.1. The van der Waals surface area contributed by atoms with Gasteiger partial charge >= 0.3 is 0 Å². The monoisotopic (exact) mass is 377 g/mol. The van der Waals surface area contributed by atoms with Crippen LogP contribution in [0.25, 0.3) is 0 Å². The third-order valence-electron chi connectivity index (χ3n) is 5.19. The van der Waals surface area contributed by atoms with Crippen molar-refractivity contribution in [2.75, 3.05) is 19.6 Å². The van der Waals surface area contributed by atoms with Crippen LogP contribution in [0.4, 0.5) is 0 Å². The van der Waals surface area contributed by atoms with E-state index in [-0.39, 0.29) is 11.9 Å². The molecule has 28 heavy (non-hydrogen) atoms. The van der Waals surface area contributed by atoms with Gasteiger partial charge in [0.1, 0.15) is 11.5 Å². The third-order valence-corrected chi connectivity index (χ3v) is 5.19. The topological polar surface area (TPSA) is 55.9 Å². The van der Waals surface area contributed by atoms with Crippen molar-refractivity contribution in [1.82, 2.24) is 5.32 Å². The van der Waals surface area contributed by atoms with Gasteiger partial charge in [0.15, 0.2) is 11.8 Å². The summed E-state index contributed by atoms with van der Waals surface area (Å²) in [6.45, 7) is 2.80. The van der Waals surface area contributed by atoms with E-state index in [4.69, 9.17) is 9.15 Å². The summed E-state index contributed by atoms with van der Waals surface area (Å²) in [5.41, 5.74) is 0.620. The van der Waals surface area contributed by atoms with E-state index in [1.807, 2.05) is 54.6 Å². The average molecular weight is 377 g/mol. The SMILES string of the molecule is O=C(NC[C@@H](c1ccco1)[NH+]1CCCC1)c1ccc(Oc2ccccc2)cc1. The molecule has 2 aromatic carbocycles. The molecule has 1 aromatic heterocycles. The highest BCUT2D eigenvalue weighted by molar-refractivity contribution is 5.94. The van der Waals surface area contributed by atoms with E-state index in [0.717, 1.165) is 24.6 Å². The summed E-state index contributed by atoms with van der Waals surface area (Å²) < 4.78 is 11.4. The zero-order valence-corrected chi connectivity index (χ0v) is 15.8. The lowest BCUT2D eigenvalue weighted by molar-refractivity contribution is -0.919. The first kappa shape index (κ1) is 18.3. The summed E-state index contributed by atoms with van der Waals surface area (Å²) in [5, 5.41) is 3.07. The first-order chi connectivity index (χ1) is 13.8. The van der Waals surface area contributed by atoms with Crippen molar-refractivity contribution >= 4 is 5.91 Å². The van der Waals surface area contributed by atoms with Crippen LogP contribution in [0.2, 0.25) is 0 Å². The van der Waals surface area contributed by atoms with Gasteiger partial charge in [0.25, 0.3) is 5.91 Å². The number of furan rings is 1. The number of carbonyl (C=O) groups excluding carboxylic acids is 1. The number of amides is 1. The Hall–Kier alpha value is -3.05. The molecule has 1 fully saturated rings. The summed E-state index contributed by atoms with van der Waals surface area (Å²) in [6.07, 6.45) is 4.15. The molecule has 0 spiro atoms. The van der Waals surface area contributed by atoms with Crippen LogP contribution in [0.3, 0.4) is 0 Å². The van der Waals surface area contributed by atoms with E-state index in [9.17, 15) is 4.79 Å². The molecular formula is C23H25N2O3+. The molecule has 2 N–H and O–H groups in total. The summed E-state index contributed by atoms with van der Waals surface area (Å²) >= 11 is 0. The fraction of sp³-hybridized carbons (Fsp3) is 0.261. The predicted molar refractivity (Wildman–Crippen MR) is 107 cm³/mol. The highest BCUT2D eigenvalue weighted by atomic mass is 16.5. The van der Waals surface area contributed by atoms with Gasteiger partial charge in [-0.2, -0.15) is 0 Å². The maximum absolute atomic E-state index is 12.6. The molecule has 2 heterocycles. The van der Waals surface area contributed by atoms with Gasteiger partial charge in [-0.1, -0.05) is 18.2 Å². The normalized spacial score (nSPS) is 15.3. The molecule has 0 saturated carbocycles. The molecule has 144 valence electrons. The number of nitrogens with one attached hydrogen (secondary N) is 2. The van der Waals surface area contributed by atoms with Gasteiger partial charge in [-0.25, -0.2) is 0 Å². The van der Waals surface area contributed by atoms with Crippen LogP contribution in [-0.2, 0) is 0 Å². The van der Waals surface area contributed by atoms with Crippen molar-refractivity contribution in [3.05, 3.63) is 84.3 Å². The molecule has 3 aromatic rings. The quantitative estimate of drug-likeness (QED) is 0.665. The Morgan fingerprint density at radius 3 is 2.36 bits per heavy atom. The van der Waals surface area contributed by atoms with Crippen molar-refractivity contribution in [3.63, 3.8) is 0 Å². The number of benzene rings is 2. The van der Waals surface area contributed by atoms with Crippen LogP contribution in [0.1, 0.15) is 35.0 Å². The molecular weight excluding hydrogens is 352 g/mol. The van der Waals surface area contributed by atoms with Gasteiger partial charge in [-0.05, 0) is 48.5 Å². The molecule has 0 bridgehead atoms. The first-order valence-electron chi connectivity index (χ1n) is 9.79. The molecule has 4 rings (SSSR count). The molecule has 1 aliphatic rings. The number of likely N-dealkylation sites (tertiary alicyclic amines) is 1. The van der Waals surface area contributed by atoms with E-state index in [1.165, 1.54) is 17.7 Å². The Labute approximate surface area is 164 Å². The number of ether oxygens (including phenoxy) is 1. The molecule has 0 unspecified atom stereocenters. The smallest absolute Gasteiger partial charge is 0.251 e. The van der Waals surface area contributed by atoms with Gasteiger partial charge < -0.3 is 19.4 Å². The molecule has 0 radical (unpaired) electrons. The molecule has 1 amide bonds. The highest BCUT2D eigenvalue weighted by Gasteiger charge is 2.29. The van der Waals surface area contributed by atoms with Gasteiger partial charge in [0, 0.05) is 18.4 Å². The summed E-state index contributed by atoms with van der Waals surface area (Å²) in [5.74, 6) is 2.33. The fourth-order valence-corrected chi connectivity index (χ4v) is 3.71. The molecule has 0 aliphatic carbocycles. The zero-order chi connectivity index (χ0) is 19.2. The average Bonchev–Trinajstić information content (AvgIpc) is 3.44. The van der Waals surface area contributed by atoms with E-state index < -0.39 is 0 Å². The van der Waals surface area contributed by atoms with Crippen LogP contribution in [0.15, 0.2) is 77.4 Å². The maximum Gasteiger partial charge on any atom is 0.251 e. The maximum atomic E-state index is 12.6. The van der Waals surface area contributed by atoms with Crippen molar-refractivity contribution in [2.24, 2.45) is 0 Å². The summed E-state index contributed by atoms with van der Waals surface area (Å²) in [6, 6.07) is 20.9. The summed E-state index contributed by atoms with van der Waals surface area (Å²) in [4.78, 5) is 14.1. The van der Waals surface area contributed by atoms with Crippen molar-refractivity contribution < 1.29 is 18.8 Å². The predicted octanol–water partition coefficient (Wildman–Crippen LogP) is 3.22. The van der Waals surface area contributed by atoms with Gasteiger partial charge in [-0.15, -0.1) is 0 Å². The number of rotatable bonds is 7. The van der Waals surface area contributed by atoms with Crippen LogP contribution >= 0.6 is 0 Å². The van der Waals surface area contributed by atoms with Crippen molar-refractivity contribution in [1.29, 1.82) is 0 Å². The highest BCUT2D eigenvalue weighted by Crippen LogP contribution is 2.21. The van der Waals surface area contributed by atoms with Crippen LogP contribution in [-0.4, -0.2) is 25.5 Å². The van der Waals surface area contributed by atoms with Crippen LogP contribution in [0.5, 0.6) is 11.5 Å². The number of quaternary nitrogens is 1. The lowest BCUT2D eigenvalue weighted by Gasteiger charge is -2.23. The van der Waals surface area contributed by atoms with E-state index in [1.54, 1.807) is 18.4 Å². The first-order valence-corrected chi connectivity index (χ1v) is 9.79. The van der Waals surface area contributed by atoms with E-state index >= 15 is 0 Å². The lowest BCUT2D eigenvalue weighted by Crippen LogP contribution is -3.11. The number of para-hydroxylation sites is 1. The van der Waals surface area contributed by atoms with E-state index in [0.29, 0.717) is 17.9 Å². The molecule has 1 saturated heterocycles. The molecule has 5 nitrogen and oxygen atoms in total. The Kier molecular flexibility index (Phi) is 5.73. The third kappa shape index (κ3) is 4.43. The Bertz CT molecular complexity index is 870. The second-order valence-electron chi connectivity index (χ2n) is 7.08. The second kappa shape index (κ2) is 8.76. The minimum Gasteiger partial charge on any atom is -0.463 e. The number of hydrogen-bond acceptors (Lipinski definition) is 3. The Morgan fingerprint density at radius 1 is 0.964 bits per heavy atom. The van der Waals surface area contributed by atoms with Gasteiger partial charge in [-0.3, -0.25) is 4.79 Å². The van der Waals surface area contributed by atoms with Crippen LogP contribution in [0, 0.1) is 0 Å². The number of hydrogen-bond donors (Lipinski definition) is 2. The van der Waals surface area contributed by atoms with Crippen molar-refractivity contribution in [3.8, 4) is 11.5 Å².